The summed E-state index contributed by atoms with van der Waals surface area (Å²) in [6, 6.07) is 14.6. The summed E-state index contributed by atoms with van der Waals surface area (Å²) in [6.45, 7) is 3.25. The molecule has 0 bridgehead atoms. The maximum absolute atomic E-state index is 11.5. The molecular formula is C16H18N2O2. The highest BCUT2D eigenvalue weighted by Gasteiger charge is 2.32. The molecule has 0 unspecified atom stereocenters. The fourth-order valence-electron chi connectivity index (χ4n) is 2.17. The van der Waals surface area contributed by atoms with E-state index in [1.54, 1.807) is 24.3 Å². The second-order valence-corrected chi connectivity index (χ2v) is 4.87. The summed E-state index contributed by atoms with van der Waals surface area (Å²) in [6.07, 6.45) is 0. The largest absolute Gasteiger partial charge is 0.450 e. The zero-order chi connectivity index (χ0) is 14.8. The molecular weight excluding hydrogens is 252 g/mol. The first kappa shape index (κ1) is 13.9. The molecule has 4 nitrogen and oxygen atoms in total. The molecule has 0 radical (unpaired) electrons. The van der Waals surface area contributed by atoms with Crippen LogP contribution in [-0.4, -0.2) is 5.97 Å². The van der Waals surface area contributed by atoms with Crippen LogP contribution in [0.1, 0.15) is 25.0 Å². The average Bonchev–Trinajstić information content (AvgIpc) is 2.39. The number of carbonyl (C=O) groups excluding carboxylic acids is 1. The summed E-state index contributed by atoms with van der Waals surface area (Å²) in [5.74, 6) is -0.346. The summed E-state index contributed by atoms with van der Waals surface area (Å²) in [4.78, 5) is 11.5. The third-order valence-electron chi connectivity index (χ3n) is 3.27. The number of hydrogen-bond donors (Lipinski definition) is 2. The Balaban J connectivity index is 2.52. The number of nitrogen functional groups attached to an aromatic ring is 2. The number of rotatable bonds is 3. The van der Waals surface area contributed by atoms with Crippen LogP contribution in [0, 0.1) is 0 Å². The minimum atomic E-state index is -0.868. The number of esters is 1. The SMILES string of the molecule is CC(=O)OC(C)(c1ccc(N)cc1)c1ccc(N)cc1. The number of ether oxygens (including phenoxy) is 1. The normalized spacial score (nSPS) is 11.1. The van der Waals surface area contributed by atoms with Crippen molar-refractivity contribution in [2.75, 3.05) is 11.5 Å². The van der Waals surface area contributed by atoms with Crippen molar-refractivity contribution in [2.24, 2.45) is 0 Å². The van der Waals surface area contributed by atoms with Crippen molar-refractivity contribution in [2.45, 2.75) is 19.4 Å². The fraction of sp³-hybridized carbons (Fsp3) is 0.188. The third kappa shape index (κ3) is 2.74. The Morgan fingerprint density at radius 2 is 1.25 bits per heavy atom. The second kappa shape index (κ2) is 5.25. The minimum absolute atomic E-state index is 0.346. The van der Waals surface area contributed by atoms with Gasteiger partial charge in [0.05, 0.1) is 0 Å². The zero-order valence-electron chi connectivity index (χ0n) is 11.6. The van der Waals surface area contributed by atoms with Crippen molar-refractivity contribution in [3.63, 3.8) is 0 Å². The molecule has 0 amide bonds. The van der Waals surface area contributed by atoms with Gasteiger partial charge in [-0.25, -0.2) is 0 Å². The van der Waals surface area contributed by atoms with E-state index < -0.39 is 5.60 Å². The van der Waals surface area contributed by atoms with Gasteiger partial charge in [-0.2, -0.15) is 0 Å². The highest BCUT2D eigenvalue weighted by atomic mass is 16.6. The van der Waals surface area contributed by atoms with E-state index in [0.29, 0.717) is 11.4 Å². The molecule has 2 aromatic carbocycles. The van der Waals surface area contributed by atoms with Crippen molar-refractivity contribution >= 4 is 17.3 Å². The molecule has 0 aliphatic heterocycles. The molecule has 0 aliphatic rings. The maximum atomic E-state index is 11.5. The van der Waals surface area contributed by atoms with Gasteiger partial charge in [0.2, 0.25) is 0 Å². The van der Waals surface area contributed by atoms with Gasteiger partial charge in [0.15, 0.2) is 5.60 Å². The van der Waals surface area contributed by atoms with Gasteiger partial charge >= 0.3 is 5.97 Å². The van der Waals surface area contributed by atoms with Crippen LogP contribution < -0.4 is 11.5 Å². The van der Waals surface area contributed by atoms with Gasteiger partial charge < -0.3 is 16.2 Å². The first-order chi connectivity index (χ1) is 9.41. The lowest BCUT2D eigenvalue weighted by Gasteiger charge is -2.30. The Bertz CT molecular complexity index is 558. The van der Waals surface area contributed by atoms with Crippen LogP contribution in [0.4, 0.5) is 11.4 Å². The molecule has 0 spiro atoms. The monoisotopic (exact) mass is 270 g/mol. The molecule has 0 aliphatic carbocycles. The van der Waals surface area contributed by atoms with E-state index in [-0.39, 0.29) is 5.97 Å². The average molecular weight is 270 g/mol. The Hall–Kier alpha value is -2.49. The van der Waals surface area contributed by atoms with E-state index in [1.165, 1.54) is 6.92 Å². The van der Waals surface area contributed by atoms with Gasteiger partial charge in [-0.3, -0.25) is 4.79 Å². The van der Waals surface area contributed by atoms with E-state index in [2.05, 4.69) is 0 Å². The summed E-state index contributed by atoms with van der Waals surface area (Å²) in [7, 11) is 0. The molecule has 4 heteroatoms. The Labute approximate surface area is 118 Å². The first-order valence-electron chi connectivity index (χ1n) is 6.33. The lowest BCUT2D eigenvalue weighted by atomic mass is 9.87. The van der Waals surface area contributed by atoms with Crippen molar-refractivity contribution in [3.05, 3.63) is 59.7 Å². The number of benzene rings is 2. The number of carbonyl (C=O) groups is 1. The maximum Gasteiger partial charge on any atom is 0.303 e. The zero-order valence-corrected chi connectivity index (χ0v) is 11.6. The summed E-state index contributed by atoms with van der Waals surface area (Å²) >= 11 is 0. The first-order valence-corrected chi connectivity index (χ1v) is 6.33. The Morgan fingerprint density at radius 3 is 1.55 bits per heavy atom. The van der Waals surface area contributed by atoms with Crippen LogP contribution in [0.2, 0.25) is 0 Å². The van der Waals surface area contributed by atoms with E-state index in [0.717, 1.165) is 11.1 Å². The van der Waals surface area contributed by atoms with E-state index in [9.17, 15) is 4.79 Å². The molecule has 0 saturated carbocycles. The van der Waals surface area contributed by atoms with Crippen LogP contribution in [0.25, 0.3) is 0 Å². The molecule has 0 saturated heterocycles. The van der Waals surface area contributed by atoms with Crippen molar-refractivity contribution < 1.29 is 9.53 Å². The fourth-order valence-corrected chi connectivity index (χ4v) is 2.17. The summed E-state index contributed by atoms with van der Waals surface area (Å²) in [5.41, 5.74) is 13.6. The molecule has 0 atom stereocenters. The van der Waals surface area contributed by atoms with Gasteiger partial charge in [0.25, 0.3) is 0 Å². The second-order valence-electron chi connectivity index (χ2n) is 4.87. The van der Waals surface area contributed by atoms with Gasteiger partial charge in [-0.1, -0.05) is 24.3 Å². The molecule has 0 heterocycles. The van der Waals surface area contributed by atoms with Crippen LogP contribution in [0.15, 0.2) is 48.5 Å². The molecule has 20 heavy (non-hydrogen) atoms. The quantitative estimate of drug-likeness (QED) is 0.664. The van der Waals surface area contributed by atoms with Crippen LogP contribution in [0.5, 0.6) is 0 Å². The third-order valence-corrected chi connectivity index (χ3v) is 3.27. The molecule has 0 fully saturated rings. The highest BCUT2D eigenvalue weighted by molar-refractivity contribution is 5.67. The van der Waals surface area contributed by atoms with Crippen molar-refractivity contribution in [3.8, 4) is 0 Å². The van der Waals surface area contributed by atoms with Gasteiger partial charge in [-0.15, -0.1) is 0 Å². The number of hydrogen-bond acceptors (Lipinski definition) is 4. The van der Waals surface area contributed by atoms with E-state index in [4.69, 9.17) is 16.2 Å². The van der Waals surface area contributed by atoms with Crippen LogP contribution in [0.3, 0.4) is 0 Å². The molecule has 2 rings (SSSR count). The minimum Gasteiger partial charge on any atom is -0.450 e. The van der Waals surface area contributed by atoms with Gasteiger partial charge in [0.1, 0.15) is 0 Å². The lowest BCUT2D eigenvalue weighted by molar-refractivity contribution is -0.152. The standard InChI is InChI=1S/C16H18N2O2/c1-11(19)20-16(2,12-3-7-14(17)8-4-12)13-5-9-15(18)10-6-13/h3-10H,17-18H2,1-2H3. The van der Waals surface area contributed by atoms with Gasteiger partial charge in [0, 0.05) is 18.3 Å². The highest BCUT2D eigenvalue weighted by Crippen LogP contribution is 2.34. The molecule has 104 valence electrons. The smallest absolute Gasteiger partial charge is 0.303 e. The molecule has 0 aromatic heterocycles. The topological polar surface area (TPSA) is 78.3 Å². The number of nitrogens with two attached hydrogens (primary N) is 2. The predicted octanol–water partition coefficient (Wildman–Crippen LogP) is 2.68. The summed E-state index contributed by atoms with van der Waals surface area (Å²) in [5, 5.41) is 0. The van der Waals surface area contributed by atoms with E-state index >= 15 is 0 Å². The number of anilines is 2. The Kier molecular flexibility index (Phi) is 3.66. The van der Waals surface area contributed by atoms with Crippen LogP contribution in [-0.2, 0) is 15.1 Å². The molecule has 4 N–H and O–H groups in total. The van der Waals surface area contributed by atoms with Crippen molar-refractivity contribution in [1.29, 1.82) is 0 Å². The van der Waals surface area contributed by atoms with Gasteiger partial charge in [-0.05, 0) is 42.3 Å². The Morgan fingerprint density at radius 1 is 0.900 bits per heavy atom. The summed E-state index contributed by atoms with van der Waals surface area (Å²) < 4.78 is 5.57. The predicted molar refractivity (Wildman–Crippen MR) is 79.9 cm³/mol. The lowest BCUT2D eigenvalue weighted by Crippen LogP contribution is -2.29. The van der Waals surface area contributed by atoms with Crippen LogP contribution >= 0.6 is 0 Å². The van der Waals surface area contributed by atoms with E-state index in [1.807, 2.05) is 31.2 Å². The molecule has 2 aromatic rings. The van der Waals surface area contributed by atoms with Crippen molar-refractivity contribution in [1.82, 2.24) is 0 Å².